The molecule has 1 aromatic rings. The third-order valence-electron chi connectivity index (χ3n) is 1.97. The zero-order chi connectivity index (χ0) is 13.7. The smallest absolute Gasteiger partial charge is 0.347 e. The topological polar surface area (TPSA) is 108 Å². The van der Waals surface area contributed by atoms with Crippen LogP contribution in [0.25, 0.3) is 0 Å². The molecule has 0 atom stereocenters. The van der Waals surface area contributed by atoms with Gasteiger partial charge in [-0.1, -0.05) is 0 Å². The molecule has 0 saturated heterocycles. The Bertz CT molecular complexity index is 483. The summed E-state index contributed by atoms with van der Waals surface area (Å²) in [6.45, 7) is 2.96. The first-order valence-corrected chi connectivity index (χ1v) is 5.92. The molecule has 7 nitrogen and oxygen atoms in total. The fraction of sp³-hybridized carbons (Fsp3) is 0.400. The average Bonchev–Trinajstić information content (AvgIpc) is 2.65. The molecule has 3 N–H and O–H groups in total. The standard InChI is InChI=1S/C10H13N3O4S/c1-5-9(10(16)17)18-8(13-5)4-12-7(15)3-11-6(2)14/h3-4H2,1-2H3,(H,11,14)(H,12,15)(H,16,17). The summed E-state index contributed by atoms with van der Waals surface area (Å²) in [4.78, 5) is 36.8. The minimum atomic E-state index is -1.03. The van der Waals surface area contributed by atoms with Gasteiger partial charge in [0.25, 0.3) is 0 Å². The van der Waals surface area contributed by atoms with Crippen molar-refractivity contribution in [2.24, 2.45) is 0 Å². The summed E-state index contributed by atoms with van der Waals surface area (Å²) in [7, 11) is 0. The number of thiazole rings is 1. The third kappa shape index (κ3) is 4.13. The quantitative estimate of drug-likeness (QED) is 0.693. The number of amides is 2. The summed E-state index contributed by atoms with van der Waals surface area (Å²) in [6, 6.07) is 0. The Morgan fingerprint density at radius 1 is 1.33 bits per heavy atom. The molecule has 0 fully saturated rings. The molecule has 98 valence electrons. The lowest BCUT2D eigenvalue weighted by Crippen LogP contribution is -2.35. The molecule has 0 unspecified atom stereocenters. The van der Waals surface area contributed by atoms with Crippen molar-refractivity contribution in [1.82, 2.24) is 15.6 Å². The van der Waals surface area contributed by atoms with E-state index < -0.39 is 5.97 Å². The number of aryl methyl sites for hydroxylation is 1. The molecule has 0 aliphatic heterocycles. The zero-order valence-electron chi connectivity index (χ0n) is 9.94. The van der Waals surface area contributed by atoms with Gasteiger partial charge in [0.15, 0.2) is 0 Å². The minimum Gasteiger partial charge on any atom is -0.477 e. The number of carboxylic acids is 1. The summed E-state index contributed by atoms with van der Waals surface area (Å²) in [5.41, 5.74) is 0.429. The molecular weight excluding hydrogens is 258 g/mol. The fourth-order valence-corrected chi connectivity index (χ4v) is 2.01. The van der Waals surface area contributed by atoms with Crippen LogP contribution in [0.4, 0.5) is 0 Å². The Kier molecular flexibility index (Phi) is 4.78. The van der Waals surface area contributed by atoms with E-state index in [-0.39, 0.29) is 29.8 Å². The van der Waals surface area contributed by atoms with Crippen molar-refractivity contribution in [1.29, 1.82) is 0 Å². The Morgan fingerprint density at radius 2 is 2.00 bits per heavy atom. The van der Waals surface area contributed by atoms with Gasteiger partial charge in [-0.25, -0.2) is 9.78 Å². The lowest BCUT2D eigenvalue weighted by atomic mass is 10.4. The van der Waals surface area contributed by atoms with Gasteiger partial charge in [0, 0.05) is 6.92 Å². The van der Waals surface area contributed by atoms with E-state index in [0.717, 1.165) is 11.3 Å². The third-order valence-corrected chi connectivity index (χ3v) is 3.12. The normalized spacial score (nSPS) is 9.89. The van der Waals surface area contributed by atoms with Crippen LogP contribution < -0.4 is 10.6 Å². The van der Waals surface area contributed by atoms with E-state index in [9.17, 15) is 14.4 Å². The van der Waals surface area contributed by atoms with E-state index in [1.807, 2.05) is 0 Å². The largest absolute Gasteiger partial charge is 0.477 e. The molecule has 18 heavy (non-hydrogen) atoms. The van der Waals surface area contributed by atoms with Crippen LogP contribution in [0.1, 0.15) is 27.3 Å². The molecule has 0 saturated carbocycles. The minimum absolute atomic E-state index is 0.106. The predicted molar refractivity (Wildman–Crippen MR) is 64.3 cm³/mol. The summed E-state index contributed by atoms with van der Waals surface area (Å²) in [5, 5.41) is 14.2. The summed E-state index contributed by atoms with van der Waals surface area (Å²) in [5.74, 6) is -1.67. The second-order valence-electron chi connectivity index (χ2n) is 3.51. The van der Waals surface area contributed by atoms with Crippen molar-refractivity contribution < 1.29 is 19.5 Å². The number of carbonyl (C=O) groups excluding carboxylic acids is 2. The van der Waals surface area contributed by atoms with Crippen molar-refractivity contribution in [3.8, 4) is 0 Å². The van der Waals surface area contributed by atoms with Gasteiger partial charge in [-0.05, 0) is 6.92 Å². The van der Waals surface area contributed by atoms with Gasteiger partial charge in [0.1, 0.15) is 9.88 Å². The van der Waals surface area contributed by atoms with Crippen molar-refractivity contribution in [2.45, 2.75) is 20.4 Å². The lowest BCUT2D eigenvalue weighted by molar-refractivity contribution is -0.125. The molecule has 1 rings (SSSR count). The number of rotatable bonds is 5. The maximum Gasteiger partial charge on any atom is 0.347 e. The van der Waals surface area contributed by atoms with E-state index in [4.69, 9.17) is 5.11 Å². The van der Waals surface area contributed by atoms with Crippen molar-refractivity contribution in [2.75, 3.05) is 6.54 Å². The highest BCUT2D eigenvalue weighted by molar-refractivity contribution is 7.13. The second kappa shape index (κ2) is 6.10. The van der Waals surface area contributed by atoms with E-state index in [2.05, 4.69) is 15.6 Å². The van der Waals surface area contributed by atoms with E-state index in [1.165, 1.54) is 6.92 Å². The summed E-state index contributed by atoms with van der Waals surface area (Å²) < 4.78 is 0. The van der Waals surface area contributed by atoms with Gasteiger partial charge in [0.05, 0.1) is 18.8 Å². The summed E-state index contributed by atoms with van der Waals surface area (Å²) in [6.07, 6.45) is 0. The first-order chi connectivity index (χ1) is 8.40. The van der Waals surface area contributed by atoms with Gasteiger partial charge in [-0.15, -0.1) is 11.3 Å². The first kappa shape index (κ1) is 14.1. The number of nitrogens with one attached hydrogen (secondary N) is 2. The van der Waals surface area contributed by atoms with Crippen molar-refractivity contribution >= 4 is 29.1 Å². The number of hydrogen-bond donors (Lipinski definition) is 3. The average molecular weight is 271 g/mol. The number of carbonyl (C=O) groups is 3. The van der Waals surface area contributed by atoms with E-state index in [0.29, 0.717) is 10.7 Å². The van der Waals surface area contributed by atoms with Crippen LogP contribution in [0.3, 0.4) is 0 Å². The van der Waals surface area contributed by atoms with Crippen LogP contribution in [-0.4, -0.2) is 34.4 Å². The van der Waals surface area contributed by atoms with Crippen LogP contribution in [0.15, 0.2) is 0 Å². The molecule has 0 spiro atoms. The fourth-order valence-electron chi connectivity index (χ4n) is 1.17. The zero-order valence-corrected chi connectivity index (χ0v) is 10.8. The van der Waals surface area contributed by atoms with Gasteiger partial charge in [0.2, 0.25) is 11.8 Å². The van der Waals surface area contributed by atoms with Crippen LogP contribution in [0.2, 0.25) is 0 Å². The van der Waals surface area contributed by atoms with Gasteiger partial charge >= 0.3 is 5.97 Å². The predicted octanol–water partition coefficient (Wildman–Crippen LogP) is -0.0980. The molecule has 1 heterocycles. The van der Waals surface area contributed by atoms with E-state index in [1.54, 1.807) is 6.92 Å². The molecule has 2 amide bonds. The molecule has 0 bridgehead atoms. The Morgan fingerprint density at radius 3 is 2.50 bits per heavy atom. The molecule has 0 aromatic carbocycles. The monoisotopic (exact) mass is 271 g/mol. The van der Waals surface area contributed by atoms with Crippen LogP contribution >= 0.6 is 11.3 Å². The molecule has 8 heteroatoms. The van der Waals surface area contributed by atoms with Crippen molar-refractivity contribution in [3.63, 3.8) is 0 Å². The molecule has 0 aliphatic carbocycles. The molecule has 0 aliphatic rings. The maximum absolute atomic E-state index is 11.3. The Hall–Kier alpha value is -1.96. The van der Waals surface area contributed by atoms with E-state index >= 15 is 0 Å². The second-order valence-corrected chi connectivity index (χ2v) is 4.60. The highest BCUT2D eigenvalue weighted by Crippen LogP contribution is 2.17. The van der Waals surface area contributed by atoms with Gasteiger partial charge in [-0.2, -0.15) is 0 Å². The molecular formula is C10H13N3O4S. The molecule has 0 radical (unpaired) electrons. The Labute approximate surface area is 107 Å². The highest BCUT2D eigenvalue weighted by Gasteiger charge is 2.14. The number of aromatic carboxylic acids is 1. The van der Waals surface area contributed by atoms with Gasteiger partial charge in [-0.3, -0.25) is 9.59 Å². The maximum atomic E-state index is 11.3. The van der Waals surface area contributed by atoms with Gasteiger partial charge < -0.3 is 15.7 Å². The number of nitrogens with zero attached hydrogens (tertiary/aromatic N) is 1. The van der Waals surface area contributed by atoms with Crippen molar-refractivity contribution in [3.05, 3.63) is 15.6 Å². The number of carboxylic acid groups (broad SMARTS) is 1. The van der Waals surface area contributed by atoms with Crippen LogP contribution in [0.5, 0.6) is 0 Å². The first-order valence-electron chi connectivity index (χ1n) is 5.11. The van der Waals surface area contributed by atoms with Crippen LogP contribution in [0, 0.1) is 6.92 Å². The Balaban J connectivity index is 2.48. The number of hydrogen-bond acceptors (Lipinski definition) is 5. The summed E-state index contributed by atoms with van der Waals surface area (Å²) >= 11 is 1.02. The lowest BCUT2D eigenvalue weighted by Gasteiger charge is -2.03. The SMILES string of the molecule is CC(=O)NCC(=O)NCc1nc(C)c(C(=O)O)s1. The highest BCUT2D eigenvalue weighted by atomic mass is 32.1. The molecule has 1 aromatic heterocycles. The number of aromatic nitrogens is 1. The van der Waals surface area contributed by atoms with Crippen LogP contribution in [-0.2, 0) is 16.1 Å².